The molecule has 0 aromatic heterocycles. The van der Waals surface area contributed by atoms with Gasteiger partial charge >= 0.3 is 182 Å². The monoisotopic (exact) mass is 438 g/mol. The first-order valence-corrected chi connectivity index (χ1v) is 13.1. The molecule has 0 spiro atoms. The third-order valence-electron chi connectivity index (χ3n) is 5.17. The molecule has 0 fully saturated rings. The molecule has 0 amide bonds. The Labute approximate surface area is 181 Å². The summed E-state index contributed by atoms with van der Waals surface area (Å²) >= 11 is 14.0. The van der Waals surface area contributed by atoms with Crippen LogP contribution in [0.15, 0.2) is 115 Å². The number of halogens is 2. The van der Waals surface area contributed by atoms with E-state index >= 15 is 0 Å². The first-order chi connectivity index (χ1) is 14.1. The van der Waals surface area contributed by atoms with Gasteiger partial charge in [0.25, 0.3) is 0 Å². The molecule has 0 unspecified atom stereocenters. The van der Waals surface area contributed by atoms with Crippen molar-refractivity contribution in [1.82, 2.24) is 0 Å². The Morgan fingerprint density at radius 1 is 0.552 bits per heavy atom. The molecule has 0 atom stereocenters. The average molecular weight is 439 g/mol. The zero-order chi connectivity index (χ0) is 20.2. The van der Waals surface area contributed by atoms with Gasteiger partial charge in [-0.05, 0) is 0 Å². The summed E-state index contributed by atoms with van der Waals surface area (Å²) in [4.78, 5) is 0. The van der Waals surface area contributed by atoms with E-state index in [4.69, 9.17) is 27.6 Å². The summed E-state index contributed by atoms with van der Waals surface area (Å²) in [5, 5.41) is 3.90. The van der Waals surface area contributed by atoms with Gasteiger partial charge in [0.1, 0.15) is 0 Å². The maximum atomic E-state index is 7.93. The molecule has 4 aromatic carbocycles. The third-order valence-corrected chi connectivity index (χ3v) is 12.2. The molecule has 4 aromatic rings. The van der Waals surface area contributed by atoms with Gasteiger partial charge in [-0.25, -0.2) is 0 Å². The van der Waals surface area contributed by atoms with Gasteiger partial charge < -0.3 is 0 Å². The van der Waals surface area contributed by atoms with Crippen molar-refractivity contribution in [3.8, 4) is 5.75 Å². The number of rotatable bonds is 6. The van der Waals surface area contributed by atoms with Gasteiger partial charge in [-0.15, -0.1) is 0 Å². The molecule has 0 saturated heterocycles. The second-order valence-electron chi connectivity index (χ2n) is 6.92. The SMILES string of the molecule is Clc1ccc(OCP(Cl)(c2ccccc2)(c2ccccc2)c2ccccc2)cc1. The van der Waals surface area contributed by atoms with Crippen LogP contribution in [0.4, 0.5) is 0 Å². The van der Waals surface area contributed by atoms with Crippen molar-refractivity contribution < 1.29 is 4.74 Å². The van der Waals surface area contributed by atoms with Gasteiger partial charge in [0, 0.05) is 0 Å². The van der Waals surface area contributed by atoms with E-state index in [-0.39, 0.29) is 0 Å². The Morgan fingerprint density at radius 3 is 1.31 bits per heavy atom. The Morgan fingerprint density at radius 2 is 0.931 bits per heavy atom. The normalized spacial score (nSPS) is 12.7. The first-order valence-electron chi connectivity index (χ1n) is 9.39. The molecule has 0 aliphatic rings. The molecule has 0 N–H and O–H groups in total. The molecule has 0 aliphatic carbocycles. The van der Waals surface area contributed by atoms with Crippen LogP contribution in [-0.4, -0.2) is 6.35 Å². The van der Waals surface area contributed by atoms with Crippen LogP contribution in [0.25, 0.3) is 0 Å². The molecule has 0 radical (unpaired) electrons. The fourth-order valence-electron chi connectivity index (χ4n) is 3.61. The molecule has 4 heteroatoms. The van der Waals surface area contributed by atoms with E-state index in [1.54, 1.807) is 0 Å². The quantitative estimate of drug-likeness (QED) is 0.318. The van der Waals surface area contributed by atoms with Gasteiger partial charge in [0.15, 0.2) is 0 Å². The molecule has 0 saturated carbocycles. The molecule has 0 bridgehead atoms. The first kappa shape index (κ1) is 20.0. The fraction of sp³-hybridized carbons (Fsp3) is 0.0400. The summed E-state index contributed by atoms with van der Waals surface area (Å²) in [6.07, 6.45) is 0.340. The van der Waals surface area contributed by atoms with Crippen LogP contribution in [0.2, 0.25) is 5.02 Å². The van der Waals surface area contributed by atoms with Crippen LogP contribution in [0, 0.1) is 0 Å². The number of hydrogen-bond donors (Lipinski definition) is 0. The van der Waals surface area contributed by atoms with Crippen molar-refractivity contribution in [2.75, 3.05) is 6.35 Å². The zero-order valence-corrected chi connectivity index (χ0v) is 18.2. The Hall–Kier alpha value is -2.31. The van der Waals surface area contributed by atoms with Crippen LogP contribution in [-0.2, 0) is 0 Å². The molecular formula is C25H21Cl2OP. The van der Waals surface area contributed by atoms with Crippen LogP contribution in [0.3, 0.4) is 0 Å². The van der Waals surface area contributed by atoms with E-state index < -0.39 is 5.96 Å². The Kier molecular flexibility index (Phi) is 5.65. The van der Waals surface area contributed by atoms with Gasteiger partial charge in [-0.1, -0.05) is 0 Å². The summed E-state index contributed by atoms with van der Waals surface area (Å²) in [7, 11) is 0. The average Bonchev–Trinajstić information content (AvgIpc) is 2.80. The summed E-state index contributed by atoms with van der Waals surface area (Å²) in [6.45, 7) is 0. The van der Waals surface area contributed by atoms with Crippen molar-refractivity contribution in [3.05, 3.63) is 120 Å². The van der Waals surface area contributed by atoms with Gasteiger partial charge in [0.2, 0.25) is 0 Å². The van der Waals surface area contributed by atoms with E-state index in [0.29, 0.717) is 11.4 Å². The third kappa shape index (κ3) is 3.67. The fourth-order valence-corrected chi connectivity index (χ4v) is 9.01. The van der Waals surface area contributed by atoms with E-state index in [0.717, 1.165) is 21.7 Å². The second-order valence-corrected chi connectivity index (χ2v) is 13.8. The number of hydrogen-bond acceptors (Lipinski definition) is 1. The molecule has 0 aliphatic heterocycles. The van der Waals surface area contributed by atoms with Crippen LogP contribution >= 0.6 is 28.8 Å². The van der Waals surface area contributed by atoms with E-state index in [2.05, 4.69) is 36.4 Å². The van der Waals surface area contributed by atoms with Crippen molar-refractivity contribution in [2.45, 2.75) is 0 Å². The second kappa shape index (κ2) is 8.20. The predicted octanol–water partition coefficient (Wildman–Crippen LogP) is 6.36. The maximum absolute atomic E-state index is 7.93. The Balaban J connectivity index is 1.95. The van der Waals surface area contributed by atoms with Crippen molar-refractivity contribution in [2.24, 2.45) is 0 Å². The molecule has 0 heterocycles. The summed E-state index contributed by atoms with van der Waals surface area (Å²) in [5.74, 6) is -2.67. The zero-order valence-electron chi connectivity index (χ0n) is 15.8. The predicted molar refractivity (Wildman–Crippen MR) is 128 cm³/mol. The van der Waals surface area contributed by atoms with Gasteiger partial charge in [-0.2, -0.15) is 0 Å². The van der Waals surface area contributed by atoms with Crippen molar-refractivity contribution >= 4 is 44.7 Å². The molecule has 1 nitrogen and oxygen atoms in total. The van der Waals surface area contributed by atoms with E-state index in [9.17, 15) is 0 Å². The van der Waals surface area contributed by atoms with Gasteiger partial charge in [0.05, 0.1) is 0 Å². The van der Waals surface area contributed by atoms with Gasteiger partial charge in [-0.3, -0.25) is 0 Å². The molecule has 146 valence electrons. The standard InChI is InChI=1S/C25H21Cl2OP/c26-21-16-18-22(19-17-21)28-20-29(27,23-10-4-1-5-11-23,24-12-6-2-7-13-24)25-14-8-3-9-15-25/h1-19H,20H2. The van der Waals surface area contributed by atoms with Crippen molar-refractivity contribution in [3.63, 3.8) is 0 Å². The summed E-state index contributed by atoms with van der Waals surface area (Å²) < 4.78 is 6.36. The van der Waals surface area contributed by atoms with Crippen LogP contribution in [0.1, 0.15) is 0 Å². The van der Waals surface area contributed by atoms with Crippen LogP contribution in [0.5, 0.6) is 5.75 Å². The Bertz CT molecular complexity index is 969. The van der Waals surface area contributed by atoms with E-state index in [1.165, 1.54) is 0 Å². The molecular weight excluding hydrogens is 418 g/mol. The minimum atomic E-state index is -3.42. The number of ether oxygens (including phenoxy) is 1. The summed E-state index contributed by atoms with van der Waals surface area (Å²) in [6, 6.07) is 38.3. The minimum absolute atomic E-state index is 0.340. The topological polar surface area (TPSA) is 9.23 Å². The van der Waals surface area contributed by atoms with E-state index in [1.807, 2.05) is 78.9 Å². The molecule has 29 heavy (non-hydrogen) atoms. The number of benzene rings is 4. The molecule has 4 rings (SSSR count). The van der Waals surface area contributed by atoms with Crippen molar-refractivity contribution in [1.29, 1.82) is 0 Å². The summed E-state index contributed by atoms with van der Waals surface area (Å²) in [5.41, 5.74) is 0. The van der Waals surface area contributed by atoms with Crippen LogP contribution < -0.4 is 20.7 Å².